The van der Waals surface area contributed by atoms with Crippen molar-refractivity contribution in [3.8, 4) is 73.2 Å². The molecule has 9 aromatic carbocycles. The van der Waals surface area contributed by atoms with E-state index in [1.807, 2.05) is 26.8 Å². The summed E-state index contributed by atoms with van der Waals surface area (Å²) in [6, 6.07) is 20.2. The number of ether oxygens (including phenoxy) is 1. The summed E-state index contributed by atoms with van der Waals surface area (Å²) >= 11 is 0. The summed E-state index contributed by atoms with van der Waals surface area (Å²) in [6.07, 6.45) is -15.2. The predicted octanol–water partition coefficient (Wildman–Crippen LogP) is 21.9. The maximum atomic E-state index is 10.6. The van der Waals surface area contributed by atoms with Crippen molar-refractivity contribution in [2.45, 2.75) is 156 Å². The van der Waals surface area contributed by atoms with Gasteiger partial charge in [0.1, 0.15) is 17.3 Å². The van der Waals surface area contributed by atoms with Crippen LogP contribution in [0.25, 0.3) is 94.5 Å². The van der Waals surface area contributed by atoms with E-state index in [9.17, 15) is 35.6 Å². The van der Waals surface area contributed by atoms with Crippen molar-refractivity contribution in [3.63, 3.8) is 0 Å². The molecule has 2 aliphatic rings. The van der Waals surface area contributed by atoms with Gasteiger partial charge in [0, 0.05) is 83.3 Å². The highest BCUT2D eigenvalue weighted by atomic mass is 16.5. The van der Waals surface area contributed by atoms with Crippen LogP contribution in [0.15, 0.2) is 188 Å². The standard InChI is InChI=1S/C84H84N4O/c1-52-20-16-21-53(2)77(52)58-30-36-72-67(44-58)66-33-32-63(50-74(66)88(72)76-48-60(38-43-85-76)80(5,6)7)89-62-25-18-24-61(49-62)86-51-87(73-37-31-59(47-75(73)86)78-54(3)22-17-23-55(78)4)79-64(56-28-34-68-70(45-56)83(12,13)41-39-81(68,8)9)26-19-27-65(79)57-29-35-69-71(46-57)84(14,15)42-40-82(69,10)11/h16-38,43-50H,39-42H2,1-15H3/i1D3,2D3,3D3,4D3,8D3,9D3,10D3,11D3,12D3,13D3,14D3,15D3,28D,29D,34D,35D,39D2,40D2,41D2,42D2,45D,46D. The quantitative estimate of drug-likeness (QED) is 0.107. The third kappa shape index (κ3) is 9.91. The van der Waals surface area contributed by atoms with Gasteiger partial charge in [-0.1, -0.05) is 191 Å². The summed E-state index contributed by atoms with van der Waals surface area (Å²) in [5.41, 5.74) is -36.0. The number of imidazole rings is 1. The van der Waals surface area contributed by atoms with E-state index in [1.165, 1.54) is 48.5 Å². The molecule has 0 atom stereocenters. The number of aryl methyl sites for hydroxylation is 4. The van der Waals surface area contributed by atoms with Gasteiger partial charge in [-0.3, -0.25) is 13.7 Å². The van der Waals surface area contributed by atoms with Crippen LogP contribution in [0.5, 0.6) is 11.5 Å². The van der Waals surface area contributed by atoms with Gasteiger partial charge in [-0.25, -0.2) is 4.98 Å². The molecule has 0 spiro atoms. The Hall–Kier alpha value is -8.80. The fourth-order valence-corrected chi connectivity index (χ4v) is 11.7. The third-order valence-electron chi connectivity index (χ3n) is 16.1. The molecule has 2 aliphatic carbocycles. The molecule has 0 N–H and O–H groups in total. The van der Waals surface area contributed by atoms with Crippen molar-refractivity contribution in [3.05, 3.63) is 244 Å². The fourth-order valence-electron chi connectivity index (χ4n) is 11.7. The minimum absolute atomic E-state index is 0.0156. The van der Waals surface area contributed by atoms with Crippen LogP contribution in [0.3, 0.4) is 0 Å². The Balaban J connectivity index is 1.17. The second-order valence-electron chi connectivity index (χ2n) is 23.1. The molecule has 5 nitrogen and oxygen atoms in total. The van der Waals surface area contributed by atoms with Crippen LogP contribution in [0, 0.1) is 33.7 Å². The molecule has 0 unspecified atom stereocenters. The average molecular weight is 1220 g/mol. The van der Waals surface area contributed by atoms with Crippen molar-refractivity contribution in [2.24, 2.45) is 0 Å². The Bertz CT molecular complexity index is 6730. The van der Waals surface area contributed by atoms with E-state index in [4.69, 9.17) is 42.6 Å². The second kappa shape index (κ2) is 20.9. The smallest absolute Gasteiger partial charge is 0.269 e. The monoisotopic (exact) mass is 1210 g/mol. The number of pyridine rings is 1. The van der Waals surface area contributed by atoms with E-state index in [-0.39, 0.29) is 50.5 Å². The molecule has 0 radical (unpaired) electrons. The Labute approximate surface area is 598 Å². The highest BCUT2D eigenvalue weighted by Crippen LogP contribution is 2.50. The zero-order chi connectivity index (χ0) is 105. The zero-order valence-corrected chi connectivity index (χ0v) is 47.6. The van der Waals surface area contributed by atoms with Crippen LogP contribution in [0.1, 0.15) is 220 Å². The molecule has 5 heteroatoms. The summed E-state index contributed by atoms with van der Waals surface area (Å²) in [7, 11) is 0. The van der Waals surface area contributed by atoms with Crippen LogP contribution >= 0.6 is 0 Å². The van der Waals surface area contributed by atoms with Crippen LogP contribution in [-0.4, -0.2) is 14.1 Å². The molecule has 3 heterocycles. The van der Waals surface area contributed by atoms with Gasteiger partial charge in [0.05, 0.1) is 41.7 Å². The molecule has 14 rings (SSSR count). The molecular weight excluding hydrogens is 1080 g/mol. The molecule has 0 bridgehead atoms. The number of fused-ring (bicyclic) bond motifs is 6. The largest absolute Gasteiger partial charge is 0.458 e. The topological polar surface area (TPSA) is 35.9 Å². The molecule has 0 aliphatic heterocycles. The van der Waals surface area contributed by atoms with Crippen LogP contribution in [-0.2, 0) is 27.1 Å². The van der Waals surface area contributed by atoms with Gasteiger partial charge in [-0.05, 0) is 235 Å². The molecule has 89 heavy (non-hydrogen) atoms. The SMILES string of the molecule is [2H]c1c([2H])c2c(c([2H])c1-c1cccc(-c3c([2H])c([2H])c4c(c3[2H])C(C([2H])([2H])[2H])(C([2H])([2H])[2H])C([2H])([2H])C([2H])([2H])C4(C([2H])([2H])[2H])C([2H])([2H])[2H])c1-[n+]1[c-]n(-c3cccc(Oc4ccc5c6cc(-c7c(C([2H])([2H])[2H])cccc7C([2H])([2H])[2H])ccc6n(-c6cc(C(C)(C)C)ccn6)c5c4)c3)c3cc(-c4c(C([2H])([2H])[2H])cccc4C([2H])([2H])[2H])ccc31)C(C([2H])([2H])[2H])(C([2H])([2H])[2H])C([2H])([2H])C([2H])([2H])C2(C([2H])([2H])[2H])C([2H])([2H])[2H]. The number of hydrogen-bond acceptors (Lipinski definition) is 2. The van der Waals surface area contributed by atoms with Gasteiger partial charge in [0.2, 0.25) is 0 Å². The molecular formula is C84H84N4O. The summed E-state index contributed by atoms with van der Waals surface area (Å²) < 4.78 is 473. The first-order valence-corrected chi connectivity index (χ1v) is 27.9. The maximum absolute atomic E-state index is 10.6. The van der Waals surface area contributed by atoms with Crippen molar-refractivity contribution in [1.82, 2.24) is 14.1 Å². The number of benzene rings is 9. The number of aromatic nitrogens is 4. The lowest BCUT2D eigenvalue weighted by Gasteiger charge is -2.42. The van der Waals surface area contributed by atoms with E-state index < -0.39 is 243 Å². The van der Waals surface area contributed by atoms with Crippen molar-refractivity contribution < 1.29 is 77.8 Å². The number of nitrogens with zero attached hydrogens (tertiary/aromatic N) is 4. The van der Waals surface area contributed by atoms with Crippen LogP contribution in [0.4, 0.5) is 0 Å². The van der Waals surface area contributed by atoms with E-state index >= 15 is 0 Å². The highest BCUT2D eigenvalue weighted by molar-refractivity contribution is 6.11. The number of para-hydroxylation sites is 1. The molecule has 0 saturated carbocycles. The highest BCUT2D eigenvalue weighted by Gasteiger charge is 2.39. The first-order valence-electron chi connectivity index (χ1n) is 52.9. The Kier molecular flexibility index (Phi) is 5.76. The molecule has 0 fully saturated rings. The van der Waals surface area contributed by atoms with Crippen LogP contribution in [0.2, 0.25) is 0 Å². The first-order chi connectivity index (χ1) is 62.8. The lowest BCUT2D eigenvalue weighted by atomic mass is 9.62. The molecule has 446 valence electrons. The first kappa shape index (κ1) is 24.5. The van der Waals surface area contributed by atoms with E-state index in [1.54, 1.807) is 47.2 Å². The van der Waals surface area contributed by atoms with Gasteiger partial charge < -0.3 is 4.74 Å². The molecule has 0 amide bonds. The fraction of sp³-hybridized carbons (Fsp3) is 0.286. The van der Waals surface area contributed by atoms with Crippen molar-refractivity contribution in [2.75, 3.05) is 0 Å². The Morgan fingerprint density at radius 3 is 1.65 bits per heavy atom. The zero-order valence-electron chi connectivity index (χ0n) is 97.6. The van der Waals surface area contributed by atoms with Gasteiger partial charge in [-0.15, -0.1) is 0 Å². The maximum Gasteiger partial charge on any atom is 0.269 e. The summed E-state index contributed by atoms with van der Waals surface area (Å²) in [5, 5.41) is 0.904. The minimum atomic E-state index is -4.99. The lowest BCUT2D eigenvalue weighted by molar-refractivity contribution is -0.571. The second-order valence-corrected chi connectivity index (χ2v) is 23.1. The van der Waals surface area contributed by atoms with Gasteiger partial charge in [0.25, 0.3) is 6.33 Å². The Morgan fingerprint density at radius 2 is 1.07 bits per heavy atom. The average Bonchev–Trinajstić information content (AvgIpc) is 0.797. The number of rotatable bonds is 9. The van der Waals surface area contributed by atoms with Gasteiger partial charge in [0.15, 0.2) is 0 Å². The molecule has 12 aromatic rings. The Morgan fingerprint density at radius 1 is 0.517 bits per heavy atom. The summed E-state index contributed by atoms with van der Waals surface area (Å²) in [5.74, 6) is 0.212. The van der Waals surface area contributed by atoms with Gasteiger partial charge in [-0.2, -0.15) is 0 Å². The van der Waals surface area contributed by atoms with Crippen LogP contribution < -0.4 is 9.30 Å². The van der Waals surface area contributed by atoms with E-state index in [0.717, 1.165) is 69.3 Å². The molecule has 0 saturated heterocycles. The molecule has 3 aromatic heterocycles. The normalized spacial score (nSPS) is 28.0. The van der Waals surface area contributed by atoms with Crippen molar-refractivity contribution >= 4 is 32.8 Å². The van der Waals surface area contributed by atoms with Crippen molar-refractivity contribution in [1.29, 1.82) is 0 Å². The third-order valence-corrected chi connectivity index (χ3v) is 16.1. The van der Waals surface area contributed by atoms with E-state index in [2.05, 4.69) is 6.33 Å². The van der Waals surface area contributed by atoms with E-state index in [0.29, 0.717) is 27.6 Å². The van der Waals surface area contributed by atoms with Gasteiger partial charge >= 0.3 is 0 Å². The summed E-state index contributed by atoms with van der Waals surface area (Å²) in [6.45, 7) is -43.6. The lowest BCUT2D eigenvalue weighted by Crippen LogP contribution is -2.34. The predicted molar refractivity (Wildman–Crippen MR) is 372 cm³/mol. The summed E-state index contributed by atoms with van der Waals surface area (Å²) in [4.78, 5) is 4.79. The minimum Gasteiger partial charge on any atom is -0.458 e. The number of hydrogen-bond donors (Lipinski definition) is 0.